The number of rotatable bonds is 13. The third kappa shape index (κ3) is 7.03. The molecule has 0 saturated carbocycles. The molecule has 0 spiro atoms. The summed E-state index contributed by atoms with van der Waals surface area (Å²) in [5, 5.41) is 12.9. The molecule has 3 aromatic rings. The van der Waals surface area contributed by atoms with E-state index in [0.29, 0.717) is 43.7 Å². The SMILES string of the molecule is CN=C(N)Nc1c(C=O)ncn1[C@H]1C[C@H](NS(C)(C)NC[C@H](CCn2cnc3c(=O)[nH]c(N)nc32)OC)[C@@H](CO)O1. The lowest BCUT2D eigenvalue weighted by molar-refractivity contribution is -0.0247. The number of anilines is 2. The minimum absolute atomic E-state index is 0.0357. The van der Waals surface area contributed by atoms with Crippen LogP contribution in [-0.4, -0.2) is 104 Å². The van der Waals surface area contributed by atoms with Gasteiger partial charge in [-0.3, -0.25) is 33.6 Å². The van der Waals surface area contributed by atoms with Gasteiger partial charge >= 0.3 is 0 Å². The van der Waals surface area contributed by atoms with E-state index >= 15 is 0 Å². The third-order valence-electron chi connectivity index (χ3n) is 6.78. The number of fused-ring (bicyclic) bond motifs is 1. The summed E-state index contributed by atoms with van der Waals surface area (Å²) < 4.78 is 22.5. The number of aliphatic hydroxyl groups excluding tert-OH is 1. The van der Waals surface area contributed by atoms with Crippen LogP contribution < -0.4 is 31.8 Å². The number of nitrogen functional groups attached to an aromatic ring is 1. The molecule has 18 heteroatoms. The number of hydrogen-bond donors (Lipinski definition) is 7. The molecular formula is C23H38N12O5S. The number of aryl methyl sites for hydroxylation is 1. The molecule has 4 heterocycles. The Bertz CT molecular complexity index is 1440. The molecule has 1 fully saturated rings. The fourth-order valence-corrected chi connectivity index (χ4v) is 6.31. The van der Waals surface area contributed by atoms with Crippen molar-refractivity contribution in [3.05, 3.63) is 28.7 Å². The number of H-pyrrole nitrogens is 1. The van der Waals surface area contributed by atoms with Gasteiger partial charge in [-0.15, -0.1) is 10.4 Å². The molecule has 41 heavy (non-hydrogen) atoms. The maximum atomic E-state index is 12.0. The Morgan fingerprint density at radius 1 is 1.41 bits per heavy atom. The Kier molecular flexibility index (Phi) is 9.61. The van der Waals surface area contributed by atoms with Gasteiger partial charge in [0.2, 0.25) is 5.95 Å². The van der Waals surface area contributed by atoms with Crippen LogP contribution in [0.5, 0.6) is 0 Å². The highest BCUT2D eigenvalue weighted by atomic mass is 32.3. The Morgan fingerprint density at radius 2 is 2.20 bits per heavy atom. The van der Waals surface area contributed by atoms with Crippen molar-refractivity contribution in [3.8, 4) is 0 Å². The topological polar surface area (TPSA) is 238 Å². The lowest BCUT2D eigenvalue weighted by Gasteiger charge is -2.38. The van der Waals surface area contributed by atoms with E-state index in [4.69, 9.17) is 20.9 Å². The number of aldehydes is 1. The number of nitrogens with one attached hydrogen (secondary N) is 4. The highest BCUT2D eigenvalue weighted by molar-refractivity contribution is 8.29. The number of carbonyl (C=O) groups is 1. The number of methoxy groups -OCH3 is 1. The van der Waals surface area contributed by atoms with Crippen LogP contribution in [-0.2, 0) is 16.0 Å². The zero-order chi connectivity index (χ0) is 29.7. The van der Waals surface area contributed by atoms with Crippen molar-refractivity contribution in [2.24, 2.45) is 10.7 Å². The maximum absolute atomic E-state index is 12.0. The average molecular weight is 595 g/mol. The fraction of sp³-hybridized carbons (Fsp3) is 0.565. The van der Waals surface area contributed by atoms with Gasteiger partial charge in [0, 0.05) is 39.7 Å². The van der Waals surface area contributed by atoms with Crippen molar-refractivity contribution in [2.75, 3.05) is 50.9 Å². The summed E-state index contributed by atoms with van der Waals surface area (Å²) in [6, 6.07) is -0.192. The summed E-state index contributed by atoms with van der Waals surface area (Å²) in [4.78, 5) is 42.4. The van der Waals surface area contributed by atoms with Crippen LogP contribution in [0.1, 0.15) is 29.6 Å². The van der Waals surface area contributed by atoms with Crippen LogP contribution in [0.25, 0.3) is 11.2 Å². The Balaban J connectivity index is 1.37. The number of guanidine groups is 1. The number of aliphatic imine (C=N–C) groups is 1. The molecule has 1 aliphatic rings. The summed E-state index contributed by atoms with van der Waals surface area (Å²) in [7, 11) is 1.60. The number of aromatic nitrogens is 6. The van der Waals surface area contributed by atoms with E-state index in [9.17, 15) is 14.7 Å². The van der Waals surface area contributed by atoms with Crippen LogP contribution in [0, 0.1) is 0 Å². The largest absolute Gasteiger partial charge is 0.394 e. The van der Waals surface area contributed by atoms with Crippen molar-refractivity contribution < 1.29 is 19.4 Å². The molecule has 1 saturated heterocycles. The lowest BCUT2D eigenvalue weighted by Crippen LogP contribution is -2.45. The quantitative estimate of drug-likeness (QED) is 0.0707. The summed E-state index contributed by atoms with van der Waals surface area (Å²) in [5.41, 5.74) is 12.0. The van der Waals surface area contributed by atoms with Gasteiger partial charge in [-0.1, -0.05) is 0 Å². The third-order valence-corrected chi connectivity index (χ3v) is 8.56. The Hall–Kier alpha value is -3.55. The van der Waals surface area contributed by atoms with Crippen LogP contribution in [0.2, 0.25) is 0 Å². The molecule has 1 aliphatic heterocycles. The lowest BCUT2D eigenvalue weighted by atomic mass is 10.1. The molecule has 17 nitrogen and oxygen atoms in total. The van der Waals surface area contributed by atoms with Gasteiger partial charge < -0.3 is 35.9 Å². The number of aromatic amines is 1. The van der Waals surface area contributed by atoms with Crippen molar-refractivity contribution in [3.63, 3.8) is 0 Å². The first-order valence-corrected chi connectivity index (χ1v) is 15.3. The van der Waals surface area contributed by atoms with E-state index in [1.807, 2.05) is 0 Å². The highest BCUT2D eigenvalue weighted by Gasteiger charge is 2.39. The van der Waals surface area contributed by atoms with E-state index in [0.717, 1.165) is 0 Å². The summed E-state index contributed by atoms with van der Waals surface area (Å²) in [6.45, 7) is 0.877. The minimum atomic E-state index is -1.57. The number of imidazole rings is 2. The maximum Gasteiger partial charge on any atom is 0.280 e. The molecule has 3 aromatic heterocycles. The van der Waals surface area contributed by atoms with E-state index in [2.05, 4.69) is 52.2 Å². The van der Waals surface area contributed by atoms with Gasteiger partial charge in [0.25, 0.3) is 5.56 Å². The summed E-state index contributed by atoms with van der Waals surface area (Å²) in [5.74, 6) is 0.527. The molecule has 4 rings (SSSR count). The smallest absolute Gasteiger partial charge is 0.280 e. The normalized spacial score (nSPS) is 20.9. The standard InChI is InChI=1S/C23H38N12O5S/c1-26-22(24)30-19-15(9-36)27-12-35(19)17-7-14(16(10-37)40-17)33-41(3,4)29-8-13(39-2)5-6-34-11-28-18-20(34)31-23(25)32-21(18)38/h9,11-14,16-17,29,33,37H,5-8,10H2,1-4H3,(H3,24,26,30)(H3,25,31,32,38)/t13-,14-,16+,17+/m0/s1. The van der Waals surface area contributed by atoms with Gasteiger partial charge in [-0.25, -0.2) is 9.97 Å². The van der Waals surface area contributed by atoms with E-state index in [-0.39, 0.29) is 47.4 Å². The highest BCUT2D eigenvalue weighted by Crippen LogP contribution is 2.38. The molecular weight excluding hydrogens is 556 g/mol. The molecule has 4 atom stereocenters. The van der Waals surface area contributed by atoms with Gasteiger partial charge in [-0.05, 0) is 18.9 Å². The molecule has 0 aromatic carbocycles. The number of carbonyl (C=O) groups excluding carboxylic acids is 1. The molecule has 0 bridgehead atoms. The van der Waals surface area contributed by atoms with Gasteiger partial charge in [0.15, 0.2) is 23.4 Å². The number of aliphatic hydroxyl groups is 1. The first-order chi connectivity index (χ1) is 19.6. The van der Waals surface area contributed by atoms with Crippen LogP contribution >= 0.6 is 10.4 Å². The monoisotopic (exact) mass is 594 g/mol. The number of nitrogens with zero attached hydrogens (tertiary/aromatic N) is 6. The molecule has 0 amide bonds. The van der Waals surface area contributed by atoms with Gasteiger partial charge in [0.1, 0.15) is 17.7 Å². The van der Waals surface area contributed by atoms with Gasteiger partial charge in [0.05, 0.1) is 31.5 Å². The number of nitrogens with two attached hydrogens (primary N) is 2. The summed E-state index contributed by atoms with van der Waals surface area (Å²) in [6.07, 6.45) is 7.83. The predicted octanol–water partition coefficient (Wildman–Crippen LogP) is -1.11. The first-order valence-electron chi connectivity index (χ1n) is 12.8. The molecule has 0 unspecified atom stereocenters. The zero-order valence-electron chi connectivity index (χ0n) is 23.4. The fourth-order valence-electron chi connectivity index (χ4n) is 4.62. The van der Waals surface area contributed by atoms with Crippen molar-refractivity contribution in [2.45, 2.75) is 43.9 Å². The first kappa shape index (κ1) is 30.4. The van der Waals surface area contributed by atoms with E-state index < -0.39 is 22.7 Å². The van der Waals surface area contributed by atoms with Gasteiger partial charge in [-0.2, -0.15) is 4.98 Å². The van der Waals surface area contributed by atoms with Crippen molar-refractivity contribution in [1.29, 1.82) is 0 Å². The molecule has 0 radical (unpaired) electrons. The minimum Gasteiger partial charge on any atom is -0.394 e. The number of hydrogen-bond acceptors (Lipinski definition) is 12. The molecule has 9 N–H and O–H groups in total. The molecule has 226 valence electrons. The second-order valence-electron chi connectivity index (χ2n) is 9.89. The second-order valence-corrected chi connectivity index (χ2v) is 13.1. The van der Waals surface area contributed by atoms with Crippen LogP contribution in [0.3, 0.4) is 0 Å². The van der Waals surface area contributed by atoms with Crippen molar-refractivity contribution in [1.82, 2.24) is 38.5 Å². The Morgan fingerprint density at radius 3 is 2.88 bits per heavy atom. The average Bonchev–Trinajstić information content (AvgIpc) is 3.65. The second kappa shape index (κ2) is 13.0. The Labute approximate surface area is 237 Å². The van der Waals surface area contributed by atoms with E-state index in [1.165, 1.54) is 13.4 Å². The number of ether oxygens (including phenoxy) is 2. The predicted molar refractivity (Wildman–Crippen MR) is 157 cm³/mol. The van der Waals surface area contributed by atoms with Crippen LogP contribution in [0.4, 0.5) is 11.8 Å². The zero-order valence-corrected chi connectivity index (χ0v) is 24.2. The van der Waals surface area contributed by atoms with E-state index in [1.54, 1.807) is 22.6 Å². The molecule has 0 aliphatic carbocycles. The van der Waals surface area contributed by atoms with Crippen molar-refractivity contribution >= 4 is 45.6 Å². The summed E-state index contributed by atoms with van der Waals surface area (Å²) >= 11 is 0. The van der Waals surface area contributed by atoms with Crippen LogP contribution in [0.15, 0.2) is 22.4 Å².